The van der Waals surface area contributed by atoms with Crippen molar-refractivity contribution >= 4 is 5.91 Å². The fourth-order valence-corrected chi connectivity index (χ4v) is 6.59. The van der Waals surface area contributed by atoms with Gasteiger partial charge in [0.2, 0.25) is 12.7 Å². The molecule has 0 saturated carbocycles. The largest absolute Gasteiger partial charge is 0.493 e. The highest BCUT2D eigenvalue weighted by atomic mass is 16.7. The van der Waals surface area contributed by atoms with Crippen LogP contribution in [0.25, 0.3) is 0 Å². The smallest absolute Gasteiger partial charge is 0.240 e. The summed E-state index contributed by atoms with van der Waals surface area (Å²) in [6, 6.07) is 17.8. The number of aryl methyl sites for hydroxylation is 1. The molecule has 3 unspecified atom stereocenters. The van der Waals surface area contributed by atoms with Crippen LogP contribution in [0.2, 0.25) is 0 Å². The lowest BCUT2D eigenvalue weighted by molar-refractivity contribution is -0.156. The van der Waals surface area contributed by atoms with Crippen molar-refractivity contribution in [3.63, 3.8) is 0 Å². The van der Waals surface area contributed by atoms with Gasteiger partial charge in [0.1, 0.15) is 0 Å². The molecule has 0 aromatic heterocycles. The van der Waals surface area contributed by atoms with Gasteiger partial charge in [0.05, 0.1) is 39.5 Å². The SMILES string of the molecule is COc1cc2c(cc1OC)C(COCc1ccccc1)N(C(=O)C1CC(C)(c3cc4c(cc3C)OCO4)N1C)CC2. The van der Waals surface area contributed by atoms with E-state index in [1.54, 1.807) is 14.2 Å². The number of nitrogens with zero attached hydrogens (tertiary/aromatic N) is 2. The van der Waals surface area contributed by atoms with Crippen molar-refractivity contribution in [2.24, 2.45) is 0 Å². The van der Waals surface area contributed by atoms with Gasteiger partial charge in [0.25, 0.3) is 0 Å². The van der Waals surface area contributed by atoms with Crippen LogP contribution in [0, 0.1) is 6.92 Å². The minimum atomic E-state index is -0.283. The third-order valence-electron chi connectivity index (χ3n) is 9.09. The van der Waals surface area contributed by atoms with Crippen LogP contribution in [0.15, 0.2) is 54.6 Å². The Morgan fingerprint density at radius 2 is 1.73 bits per heavy atom. The van der Waals surface area contributed by atoms with Crippen molar-refractivity contribution in [2.45, 2.75) is 50.9 Å². The first kappa shape index (κ1) is 27.4. The number of carbonyl (C=O) groups excluding carboxylic acids is 1. The maximum absolute atomic E-state index is 14.2. The zero-order valence-electron chi connectivity index (χ0n) is 24.4. The highest BCUT2D eigenvalue weighted by Crippen LogP contribution is 2.49. The molecule has 1 amide bonds. The minimum absolute atomic E-state index is 0.122. The zero-order chi connectivity index (χ0) is 28.7. The monoisotopic (exact) mass is 558 g/mol. The van der Waals surface area contributed by atoms with E-state index in [0.717, 1.165) is 52.2 Å². The third-order valence-corrected chi connectivity index (χ3v) is 9.09. The Labute approximate surface area is 241 Å². The Balaban J connectivity index is 1.25. The predicted octanol–water partition coefficient (Wildman–Crippen LogP) is 5.00. The van der Waals surface area contributed by atoms with E-state index in [9.17, 15) is 4.79 Å². The molecule has 41 heavy (non-hydrogen) atoms. The van der Waals surface area contributed by atoms with Crippen molar-refractivity contribution in [3.05, 3.63) is 82.4 Å². The molecule has 3 aliphatic heterocycles. The Morgan fingerprint density at radius 3 is 2.44 bits per heavy atom. The van der Waals surface area contributed by atoms with Gasteiger partial charge < -0.3 is 28.6 Å². The Kier molecular flexibility index (Phi) is 7.30. The highest BCUT2D eigenvalue weighted by Gasteiger charge is 2.53. The first-order chi connectivity index (χ1) is 19.8. The van der Waals surface area contributed by atoms with E-state index in [4.69, 9.17) is 23.7 Å². The average molecular weight is 559 g/mol. The van der Waals surface area contributed by atoms with Gasteiger partial charge in [-0.05, 0) is 85.8 Å². The van der Waals surface area contributed by atoms with E-state index in [-0.39, 0.29) is 30.3 Å². The zero-order valence-corrected chi connectivity index (χ0v) is 24.4. The summed E-state index contributed by atoms with van der Waals surface area (Å²) in [4.78, 5) is 18.4. The molecule has 3 aromatic rings. The second-order valence-electron chi connectivity index (χ2n) is 11.3. The molecule has 0 spiro atoms. The summed E-state index contributed by atoms with van der Waals surface area (Å²) in [5.74, 6) is 3.02. The number of likely N-dealkylation sites (tertiary alicyclic amines) is 1. The van der Waals surface area contributed by atoms with Crippen molar-refractivity contribution in [1.82, 2.24) is 9.80 Å². The molecule has 216 valence electrons. The predicted molar refractivity (Wildman–Crippen MR) is 155 cm³/mol. The Morgan fingerprint density at radius 1 is 1.02 bits per heavy atom. The van der Waals surface area contributed by atoms with Gasteiger partial charge in [-0.1, -0.05) is 30.3 Å². The topological polar surface area (TPSA) is 69.7 Å². The molecule has 3 aliphatic rings. The summed E-state index contributed by atoms with van der Waals surface area (Å²) in [5.41, 5.74) is 5.32. The molecule has 0 radical (unpaired) electrons. The fourth-order valence-electron chi connectivity index (χ4n) is 6.59. The van der Waals surface area contributed by atoms with E-state index in [0.29, 0.717) is 31.3 Å². The van der Waals surface area contributed by atoms with E-state index in [2.05, 4.69) is 24.8 Å². The van der Waals surface area contributed by atoms with Crippen molar-refractivity contribution in [3.8, 4) is 23.0 Å². The van der Waals surface area contributed by atoms with Crippen molar-refractivity contribution < 1.29 is 28.5 Å². The quantitative estimate of drug-likeness (QED) is 0.385. The number of hydrogen-bond donors (Lipinski definition) is 0. The summed E-state index contributed by atoms with van der Waals surface area (Å²) in [6.07, 6.45) is 1.46. The van der Waals surface area contributed by atoms with Gasteiger partial charge in [0, 0.05) is 12.1 Å². The number of rotatable bonds is 8. The Hall–Kier alpha value is -3.75. The minimum Gasteiger partial charge on any atom is -0.493 e. The van der Waals surface area contributed by atoms with Gasteiger partial charge in [-0.2, -0.15) is 0 Å². The highest BCUT2D eigenvalue weighted by molar-refractivity contribution is 5.84. The van der Waals surface area contributed by atoms with Crippen LogP contribution < -0.4 is 18.9 Å². The normalized spacial score (nSPS) is 23.1. The standard InChI is InChI=1S/C33H38N2O6/c1-21-13-30-31(41-20-40-30)16-25(21)33(2)17-26(34(33)3)32(36)35-12-11-23-14-28(37-4)29(38-5)15-24(23)27(35)19-39-18-22-9-7-6-8-10-22/h6-10,13-16,26-27H,11-12,17-20H2,1-5H3. The molecule has 1 saturated heterocycles. The van der Waals surface area contributed by atoms with Gasteiger partial charge >= 0.3 is 0 Å². The van der Waals surface area contributed by atoms with E-state index >= 15 is 0 Å². The molecule has 0 bridgehead atoms. The summed E-state index contributed by atoms with van der Waals surface area (Å²) >= 11 is 0. The molecular weight excluding hydrogens is 520 g/mol. The molecule has 1 fully saturated rings. The molecule has 0 N–H and O–H groups in total. The fraction of sp³-hybridized carbons (Fsp3) is 0.424. The Bertz CT molecular complexity index is 1440. The van der Waals surface area contributed by atoms with Gasteiger partial charge in [-0.3, -0.25) is 9.69 Å². The number of likely N-dealkylation sites (N-methyl/N-ethyl adjacent to an activating group) is 1. The molecule has 3 heterocycles. The molecule has 8 nitrogen and oxygen atoms in total. The average Bonchev–Trinajstić information content (AvgIpc) is 3.45. The lowest BCUT2D eigenvalue weighted by Crippen LogP contribution is -2.66. The number of benzene rings is 3. The number of carbonyl (C=O) groups is 1. The third kappa shape index (κ3) is 4.79. The number of hydrogen-bond acceptors (Lipinski definition) is 7. The van der Waals surface area contributed by atoms with Crippen LogP contribution in [0.4, 0.5) is 0 Å². The summed E-state index contributed by atoms with van der Waals surface area (Å²) in [6.45, 7) is 6.02. The lowest BCUT2D eigenvalue weighted by Gasteiger charge is -2.56. The van der Waals surface area contributed by atoms with Crippen molar-refractivity contribution in [2.75, 3.05) is 41.2 Å². The van der Waals surface area contributed by atoms with E-state index in [1.165, 1.54) is 0 Å². The summed E-state index contributed by atoms with van der Waals surface area (Å²) in [7, 11) is 5.33. The van der Waals surface area contributed by atoms with Crippen LogP contribution in [0.3, 0.4) is 0 Å². The second kappa shape index (κ2) is 10.9. The number of ether oxygens (including phenoxy) is 5. The van der Waals surface area contributed by atoms with Gasteiger partial charge in [-0.15, -0.1) is 0 Å². The van der Waals surface area contributed by atoms with Crippen LogP contribution in [0.1, 0.15) is 47.2 Å². The number of fused-ring (bicyclic) bond motifs is 2. The number of amides is 1. The molecule has 3 aromatic carbocycles. The second-order valence-corrected chi connectivity index (χ2v) is 11.3. The lowest BCUT2D eigenvalue weighted by atomic mass is 9.73. The maximum Gasteiger partial charge on any atom is 0.240 e. The molecule has 8 heteroatoms. The summed E-state index contributed by atoms with van der Waals surface area (Å²) in [5, 5.41) is 0. The van der Waals surface area contributed by atoms with Crippen LogP contribution in [-0.2, 0) is 28.1 Å². The number of methoxy groups -OCH3 is 2. The van der Waals surface area contributed by atoms with Crippen LogP contribution in [-0.4, -0.2) is 63.0 Å². The van der Waals surface area contributed by atoms with Crippen LogP contribution >= 0.6 is 0 Å². The molecular formula is C33H38N2O6. The first-order valence-corrected chi connectivity index (χ1v) is 14.1. The van der Waals surface area contributed by atoms with Gasteiger partial charge in [-0.25, -0.2) is 0 Å². The van der Waals surface area contributed by atoms with Crippen LogP contribution in [0.5, 0.6) is 23.0 Å². The van der Waals surface area contributed by atoms with Crippen molar-refractivity contribution in [1.29, 1.82) is 0 Å². The molecule has 3 atom stereocenters. The molecule has 0 aliphatic carbocycles. The molecule has 6 rings (SSSR count). The van der Waals surface area contributed by atoms with Gasteiger partial charge in [0.15, 0.2) is 23.0 Å². The van der Waals surface area contributed by atoms with E-state index in [1.807, 2.05) is 60.5 Å². The maximum atomic E-state index is 14.2. The van der Waals surface area contributed by atoms with E-state index < -0.39 is 0 Å². The first-order valence-electron chi connectivity index (χ1n) is 14.1. The summed E-state index contributed by atoms with van der Waals surface area (Å²) < 4.78 is 28.7.